The summed E-state index contributed by atoms with van der Waals surface area (Å²) in [5.74, 6) is 0.532. The molecule has 2 saturated heterocycles. The van der Waals surface area contributed by atoms with Gasteiger partial charge < -0.3 is 30.1 Å². The Morgan fingerprint density at radius 1 is 0.889 bits per heavy atom. The highest BCUT2D eigenvalue weighted by atomic mass is 19.1. The number of morpholine rings is 1. The van der Waals surface area contributed by atoms with Crippen molar-refractivity contribution in [1.82, 2.24) is 14.9 Å². The van der Waals surface area contributed by atoms with Crippen LogP contribution in [0.15, 0.2) is 85.5 Å². The smallest absolute Gasteiger partial charge is 0.229 e. The molecule has 9 nitrogen and oxygen atoms in total. The lowest BCUT2D eigenvalue weighted by atomic mass is 10.0. The van der Waals surface area contributed by atoms with E-state index in [0.29, 0.717) is 55.1 Å². The van der Waals surface area contributed by atoms with Crippen LogP contribution >= 0.6 is 0 Å². The summed E-state index contributed by atoms with van der Waals surface area (Å²) >= 11 is 0. The van der Waals surface area contributed by atoms with Crippen molar-refractivity contribution in [2.24, 2.45) is 0 Å². The molecule has 3 heterocycles. The second-order valence-corrected chi connectivity index (χ2v) is 11.4. The van der Waals surface area contributed by atoms with Crippen LogP contribution in [0, 0.1) is 5.82 Å². The fourth-order valence-electron chi connectivity index (χ4n) is 5.60. The molecule has 0 radical (unpaired) electrons. The molecule has 232 valence electrons. The van der Waals surface area contributed by atoms with Crippen LogP contribution in [0.4, 0.5) is 38.9 Å². The molecule has 2 aliphatic rings. The fraction of sp³-hybridized carbons (Fsp3) is 0.286. The van der Waals surface area contributed by atoms with Gasteiger partial charge in [-0.3, -0.25) is 4.79 Å². The number of benzene rings is 3. The van der Waals surface area contributed by atoms with Gasteiger partial charge in [0.15, 0.2) is 5.78 Å². The minimum absolute atomic E-state index is 0.0534. The third-order valence-electron chi connectivity index (χ3n) is 8.10. The number of hydrogen-bond acceptors (Lipinski definition) is 9. The van der Waals surface area contributed by atoms with Crippen molar-refractivity contribution < 1.29 is 13.9 Å². The maximum atomic E-state index is 15.2. The second-order valence-electron chi connectivity index (χ2n) is 11.4. The number of anilines is 6. The highest BCUT2D eigenvalue weighted by Gasteiger charge is 2.17. The quantitative estimate of drug-likeness (QED) is 0.222. The molecule has 3 aromatic carbocycles. The van der Waals surface area contributed by atoms with Gasteiger partial charge in [0.05, 0.1) is 24.6 Å². The van der Waals surface area contributed by atoms with Crippen molar-refractivity contribution in [1.29, 1.82) is 0 Å². The molecule has 4 aromatic rings. The number of allylic oxidation sites excluding steroid dienone is 1. The summed E-state index contributed by atoms with van der Waals surface area (Å²) in [6, 6.07) is 22.9. The lowest BCUT2D eigenvalue weighted by molar-refractivity contribution is -0.114. The van der Waals surface area contributed by atoms with Crippen LogP contribution in [0.25, 0.3) is 11.3 Å². The minimum Gasteiger partial charge on any atom is -0.378 e. The summed E-state index contributed by atoms with van der Waals surface area (Å²) in [7, 11) is 2.14. The highest BCUT2D eigenvalue weighted by Crippen LogP contribution is 2.29. The lowest BCUT2D eigenvalue weighted by Crippen LogP contribution is -2.44. The normalized spacial score (nSPS) is 15.5. The van der Waals surface area contributed by atoms with Gasteiger partial charge in [-0.15, -0.1) is 0 Å². The van der Waals surface area contributed by atoms with Crippen LogP contribution in [-0.4, -0.2) is 80.2 Å². The molecular formula is C35H38FN7O2. The van der Waals surface area contributed by atoms with E-state index in [2.05, 4.69) is 46.2 Å². The molecule has 0 unspecified atom stereocenters. The van der Waals surface area contributed by atoms with Crippen LogP contribution in [-0.2, 0) is 16.0 Å². The average Bonchev–Trinajstić information content (AvgIpc) is 3.06. The molecule has 2 N–H and O–H groups in total. The Bertz CT molecular complexity index is 1670. The van der Waals surface area contributed by atoms with E-state index in [1.54, 1.807) is 6.07 Å². The maximum Gasteiger partial charge on any atom is 0.229 e. The molecule has 0 aliphatic carbocycles. The zero-order valence-electron chi connectivity index (χ0n) is 25.5. The number of nitrogens with zero attached hydrogens (tertiary/aromatic N) is 5. The molecule has 0 saturated carbocycles. The second kappa shape index (κ2) is 13.9. The molecule has 1 aromatic heterocycles. The SMILES string of the molecule is C=CC(=O)Cc1cccc(-c2cc(Nc3ccc(N4CCOCC4)c(F)c3)nc(Nc3cccc(N4CCN(C)CC4)c3)n2)c1. The topological polar surface area (TPSA) is 85.9 Å². The summed E-state index contributed by atoms with van der Waals surface area (Å²) in [5.41, 5.74) is 5.48. The minimum atomic E-state index is -0.310. The van der Waals surface area contributed by atoms with Crippen LogP contribution in [0.2, 0.25) is 0 Å². The molecule has 10 heteroatoms. The van der Waals surface area contributed by atoms with E-state index < -0.39 is 0 Å². The molecule has 0 amide bonds. The highest BCUT2D eigenvalue weighted by molar-refractivity contribution is 5.91. The van der Waals surface area contributed by atoms with Gasteiger partial charge in [-0.1, -0.05) is 30.8 Å². The predicted octanol–water partition coefficient (Wildman–Crippen LogP) is 5.66. The average molecular weight is 608 g/mol. The van der Waals surface area contributed by atoms with Gasteiger partial charge in [0, 0.05) is 74.4 Å². The van der Waals surface area contributed by atoms with E-state index in [0.717, 1.165) is 48.7 Å². The fourth-order valence-corrected chi connectivity index (χ4v) is 5.60. The van der Waals surface area contributed by atoms with E-state index in [4.69, 9.17) is 14.7 Å². The first-order valence-corrected chi connectivity index (χ1v) is 15.3. The summed E-state index contributed by atoms with van der Waals surface area (Å²) in [6.07, 6.45) is 1.59. The zero-order valence-corrected chi connectivity index (χ0v) is 25.5. The Morgan fingerprint density at radius 2 is 1.67 bits per heavy atom. The standard InChI is InChI=1S/C35H38FN7O2/c1-3-30(44)21-25-6-4-7-26(20-25)32-24-34(37-28-10-11-33(31(36)23-28)43-16-18-45-19-17-43)40-35(39-32)38-27-8-5-9-29(22-27)42-14-12-41(2)13-15-42/h3-11,20,22-24H,1,12-19,21H2,2H3,(H2,37,38,39,40). The third-order valence-corrected chi connectivity index (χ3v) is 8.10. The van der Waals surface area contributed by atoms with Crippen LogP contribution in [0.3, 0.4) is 0 Å². The Morgan fingerprint density at radius 3 is 2.44 bits per heavy atom. The Balaban J connectivity index is 1.30. The maximum absolute atomic E-state index is 15.2. The monoisotopic (exact) mass is 607 g/mol. The number of carbonyl (C=O) groups is 1. The summed E-state index contributed by atoms with van der Waals surface area (Å²) in [4.78, 5) is 28.3. The van der Waals surface area contributed by atoms with E-state index in [-0.39, 0.29) is 18.0 Å². The van der Waals surface area contributed by atoms with Crippen molar-refractivity contribution in [2.45, 2.75) is 6.42 Å². The van der Waals surface area contributed by atoms with Gasteiger partial charge in [-0.2, -0.15) is 4.98 Å². The van der Waals surface area contributed by atoms with Gasteiger partial charge in [0.2, 0.25) is 5.95 Å². The number of ketones is 1. The van der Waals surface area contributed by atoms with Crippen molar-refractivity contribution in [2.75, 3.05) is 80.0 Å². The number of nitrogens with one attached hydrogen (secondary N) is 2. The van der Waals surface area contributed by atoms with Gasteiger partial charge in [-0.25, -0.2) is 9.37 Å². The summed E-state index contributed by atoms with van der Waals surface area (Å²) < 4.78 is 20.6. The van der Waals surface area contributed by atoms with Gasteiger partial charge >= 0.3 is 0 Å². The number of piperazine rings is 1. The molecular weight excluding hydrogens is 569 g/mol. The number of likely N-dealkylation sites (N-methyl/N-ethyl adjacent to an activating group) is 1. The van der Waals surface area contributed by atoms with Crippen LogP contribution in [0.5, 0.6) is 0 Å². The predicted molar refractivity (Wildman–Crippen MR) is 179 cm³/mol. The van der Waals surface area contributed by atoms with Gasteiger partial charge in [0.1, 0.15) is 11.6 Å². The first-order chi connectivity index (χ1) is 21.9. The van der Waals surface area contributed by atoms with Crippen LogP contribution in [0.1, 0.15) is 5.56 Å². The number of carbonyl (C=O) groups excluding carboxylic acids is 1. The summed E-state index contributed by atoms with van der Waals surface area (Å²) in [6.45, 7) is 10.0. The molecule has 0 bridgehead atoms. The Labute approximate surface area is 263 Å². The van der Waals surface area contributed by atoms with Crippen molar-refractivity contribution in [3.05, 3.63) is 96.8 Å². The molecule has 2 aliphatic heterocycles. The lowest BCUT2D eigenvalue weighted by Gasteiger charge is -2.34. The third kappa shape index (κ3) is 7.65. The number of halogens is 1. The molecule has 2 fully saturated rings. The van der Waals surface area contributed by atoms with Crippen molar-refractivity contribution in [3.8, 4) is 11.3 Å². The zero-order chi connectivity index (χ0) is 31.2. The summed E-state index contributed by atoms with van der Waals surface area (Å²) in [5, 5.41) is 6.67. The van der Waals surface area contributed by atoms with E-state index in [9.17, 15) is 4.79 Å². The van der Waals surface area contributed by atoms with E-state index in [1.165, 1.54) is 12.1 Å². The first-order valence-electron chi connectivity index (χ1n) is 15.3. The van der Waals surface area contributed by atoms with E-state index >= 15 is 4.39 Å². The first kappa shape index (κ1) is 30.2. The van der Waals surface area contributed by atoms with Crippen LogP contribution < -0.4 is 20.4 Å². The number of rotatable bonds is 10. The van der Waals surface area contributed by atoms with Crippen molar-refractivity contribution >= 4 is 40.3 Å². The number of ether oxygens (including phenoxy) is 1. The number of hydrogen-bond donors (Lipinski definition) is 2. The Hall–Kier alpha value is -4.80. The molecule has 6 rings (SSSR count). The van der Waals surface area contributed by atoms with Gasteiger partial charge in [0.25, 0.3) is 0 Å². The van der Waals surface area contributed by atoms with Crippen molar-refractivity contribution in [3.63, 3.8) is 0 Å². The number of aromatic nitrogens is 2. The van der Waals surface area contributed by atoms with Gasteiger partial charge in [-0.05, 0) is 61.2 Å². The van der Waals surface area contributed by atoms with E-state index in [1.807, 2.05) is 53.4 Å². The molecule has 0 spiro atoms. The molecule has 0 atom stereocenters. The molecule has 45 heavy (non-hydrogen) atoms. The Kier molecular flexibility index (Phi) is 9.33. The largest absolute Gasteiger partial charge is 0.378 e.